The minimum absolute atomic E-state index is 0.0135. The number of rotatable bonds is 5. The van der Waals surface area contributed by atoms with Crippen LogP contribution >= 0.6 is 0 Å². The van der Waals surface area contributed by atoms with E-state index in [9.17, 15) is 8.78 Å². The van der Waals surface area contributed by atoms with Gasteiger partial charge in [0.25, 0.3) is 6.43 Å². The normalized spacial score (nSPS) is 22.4. The zero-order chi connectivity index (χ0) is 19.4. The van der Waals surface area contributed by atoms with Crippen LogP contribution in [0.2, 0.25) is 0 Å². The van der Waals surface area contributed by atoms with Crippen molar-refractivity contribution in [3.63, 3.8) is 0 Å². The van der Waals surface area contributed by atoms with Crippen molar-refractivity contribution in [2.75, 3.05) is 0 Å². The molecule has 1 saturated heterocycles. The first-order valence-corrected chi connectivity index (χ1v) is 9.32. The van der Waals surface area contributed by atoms with Crippen LogP contribution in [0.4, 0.5) is 8.78 Å². The Morgan fingerprint density at radius 2 is 1.78 bits per heavy atom. The molecular formula is C19H24BF2N3O2. The number of aromatic nitrogens is 3. The molecule has 1 unspecified atom stereocenters. The van der Waals surface area contributed by atoms with Crippen LogP contribution < -0.4 is 5.46 Å². The second kappa shape index (κ2) is 6.38. The number of alkyl halides is 2. The third kappa shape index (κ3) is 3.40. The molecule has 144 valence electrons. The van der Waals surface area contributed by atoms with Crippen molar-refractivity contribution in [3.8, 4) is 0 Å². The first-order valence-electron chi connectivity index (χ1n) is 9.32. The molecule has 0 bridgehead atoms. The third-order valence-corrected chi connectivity index (χ3v) is 5.87. The molecule has 1 aliphatic heterocycles. The van der Waals surface area contributed by atoms with Crippen LogP contribution in [-0.2, 0) is 9.31 Å². The molecule has 0 radical (unpaired) electrons. The summed E-state index contributed by atoms with van der Waals surface area (Å²) in [5.74, 6) is 0.440. The molecular weight excluding hydrogens is 351 g/mol. The van der Waals surface area contributed by atoms with E-state index in [0.29, 0.717) is 5.92 Å². The predicted molar refractivity (Wildman–Crippen MR) is 98.0 cm³/mol. The first-order chi connectivity index (χ1) is 12.7. The lowest BCUT2D eigenvalue weighted by atomic mass is 9.82. The molecule has 1 aliphatic carbocycles. The summed E-state index contributed by atoms with van der Waals surface area (Å²) in [5, 5.41) is 4.53. The lowest BCUT2D eigenvalue weighted by molar-refractivity contribution is 0.00578. The molecule has 2 aliphatic rings. The molecule has 1 saturated carbocycles. The molecule has 2 aromatic heterocycles. The van der Waals surface area contributed by atoms with Gasteiger partial charge in [-0.2, -0.15) is 5.10 Å². The Bertz CT molecular complexity index is 803. The maximum Gasteiger partial charge on any atom is 0.498 e. The number of nitrogens with zero attached hydrogens (tertiary/aromatic N) is 3. The Morgan fingerprint density at radius 1 is 1.11 bits per heavy atom. The summed E-state index contributed by atoms with van der Waals surface area (Å²) in [6.07, 6.45) is 4.86. The molecule has 2 fully saturated rings. The molecule has 0 spiro atoms. The molecule has 27 heavy (non-hydrogen) atoms. The summed E-state index contributed by atoms with van der Waals surface area (Å²) in [4.78, 5) is 3.92. The van der Waals surface area contributed by atoms with Gasteiger partial charge < -0.3 is 9.31 Å². The van der Waals surface area contributed by atoms with E-state index in [1.54, 1.807) is 18.5 Å². The SMILES string of the molecule is CC1(C)OB(c2cnn(C(c3ccc(C(F)F)nc3)C3CC3)c2)OC1(C)C. The molecule has 0 aromatic carbocycles. The van der Waals surface area contributed by atoms with Crippen LogP contribution in [0.15, 0.2) is 30.7 Å². The van der Waals surface area contributed by atoms with E-state index < -0.39 is 24.7 Å². The number of halogens is 2. The maximum atomic E-state index is 12.8. The molecule has 0 amide bonds. The Balaban J connectivity index is 1.59. The second-order valence-corrected chi connectivity index (χ2v) is 8.44. The monoisotopic (exact) mass is 375 g/mol. The summed E-state index contributed by atoms with van der Waals surface area (Å²) in [7, 11) is -0.470. The molecule has 4 rings (SSSR count). The molecule has 0 N–H and O–H groups in total. The molecule has 3 heterocycles. The van der Waals surface area contributed by atoms with Gasteiger partial charge in [-0.3, -0.25) is 9.67 Å². The second-order valence-electron chi connectivity index (χ2n) is 8.44. The lowest BCUT2D eigenvalue weighted by Gasteiger charge is -2.32. The largest absolute Gasteiger partial charge is 0.498 e. The van der Waals surface area contributed by atoms with Crippen molar-refractivity contribution in [2.45, 2.75) is 64.2 Å². The molecule has 8 heteroatoms. The lowest BCUT2D eigenvalue weighted by Crippen LogP contribution is -2.41. The van der Waals surface area contributed by atoms with Crippen LogP contribution in [0, 0.1) is 5.92 Å². The summed E-state index contributed by atoms with van der Waals surface area (Å²) in [6, 6.07) is 3.11. The molecule has 2 aromatic rings. The van der Waals surface area contributed by atoms with Gasteiger partial charge in [0, 0.05) is 24.1 Å². The maximum absolute atomic E-state index is 12.8. The smallest absolute Gasteiger partial charge is 0.399 e. The Morgan fingerprint density at radius 3 is 2.30 bits per heavy atom. The van der Waals surface area contributed by atoms with Gasteiger partial charge in [-0.05, 0) is 58.1 Å². The van der Waals surface area contributed by atoms with Gasteiger partial charge in [0.15, 0.2) is 0 Å². The van der Waals surface area contributed by atoms with Gasteiger partial charge in [0.2, 0.25) is 0 Å². The third-order valence-electron chi connectivity index (χ3n) is 5.87. The van der Waals surface area contributed by atoms with Crippen LogP contribution in [0.5, 0.6) is 0 Å². The van der Waals surface area contributed by atoms with Crippen molar-refractivity contribution in [2.24, 2.45) is 5.92 Å². The Kier molecular flexibility index (Phi) is 4.39. The summed E-state index contributed by atoms with van der Waals surface area (Å²) >= 11 is 0. The van der Waals surface area contributed by atoms with Crippen LogP contribution in [0.25, 0.3) is 0 Å². The predicted octanol–water partition coefficient (Wildman–Crippen LogP) is 3.51. The van der Waals surface area contributed by atoms with Crippen molar-refractivity contribution in [1.82, 2.24) is 14.8 Å². The van der Waals surface area contributed by atoms with Gasteiger partial charge in [-0.25, -0.2) is 8.78 Å². The number of hydrogen-bond acceptors (Lipinski definition) is 4. The highest BCUT2D eigenvalue weighted by Crippen LogP contribution is 2.43. The minimum atomic E-state index is -2.56. The fraction of sp³-hybridized carbons (Fsp3) is 0.579. The van der Waals surface area contributed by atoms with Gasteiger partial charge in [-0.15, -0.1) is 0 Å². The van der Waals surface area contributed by atoms with Gasteiger partial charge in [0.1, 0.15) is 5.69 Å². The first kappa shape index (κ1) is 18.6. The van der Waals surface area contributed by atoms with E-state index in [-0.39, 0.29) is 11.7 Å². The molecule has 5 nitrogen and oxygen atoms in total. The van der Waals surface area contributed by atoms with E-state index in [4.69, 9.17) is 9.31 Å². The number of hydrogen-bond donors (Lipinski definition) is 0. The summed E-state index contributed by atoms with van der Waals surface area (Å²) in [5.41, 5.74) is 0.726. The zero-order valence-corrected chi connectivity index (χ0v) is 16.0. The average molecular weight is 375 g/mol. The quantitative estimate of drug-likeness (QED) is 0.751. The standard InChI is InChI=1S/C19H24BF2N3O2/c1-18(2)19(3,4)27-20(26-18)14-10-24-25(11-14)16(12-5-6-12)13-7-8-15(17(21)22)23-9-13/h7-12,16-17H,5-6H2,1-4H3. The Labute approximate surface area is 158 Å². The average Bonchev–Trinajstić information content (AvgIpc) is 3.24. The number of pyridine rings is 1. The Hall–Kier alpha value is -1.80. The van der Waals surface area contributed by atoms with Crippen molar-refractivity contribution >= 4 is 12.6 Å². The van der Waals surface area contributed by atoms with Gasteiger partial charge >= 0.3 is 7.12 Å². The minimum Gasteiger partial charge on any atom is -0.399 e. The fourth-order valence-corrected chi connectivity index (χ4v) is 3.38. The van der Waals surface area contributed by atoms with E-state index in [1.165, 1.54) is 6.07 Å². The van der Waals surface area contributed by atoms with E-state index >= 15 is 0 Å². The van der Waals surface area contributed by atoms with Gasteiger partial charge in [0.05, 0.1) is 17.2 Å². The van der Waals surface area contributed by atoms with E-state index in [1.807, 2.05) is 38.6 Å². The van der Waals surface area contributed by atoms with Crippen LogP contribution in [0.1, 0.15) is 64.3 Å². The summed E-state index contributed by atoms with van der Waals surface area (Å²) < 4.78 is 39.7. The van der Waals surface area contributed by atoms with Crippen molar-refractivity contribution < 1.29 is 18.1 Å². The van der Waals surface area contributed by atoms with Gasteiger partial charge in [-0.1, -0.05) is 6.07 Å². The van der Waals surface area contributed by atoms with E-state index in [0.717, 1.165) is 23.9 Å². The zero-order valence-electron chi connectivity index (χ0n) is 16.0. The highest BCUT2D eigenvalue weighted by atomic mass is 19.3. The van der Waals surface area contributed by atoms with Crippen LogP contribution in [0.3, 0.4) is 0 Å². The van der Waals surface area contributed by atoms with Crippen LogP contribution in [-0.4, -0.2) is 33.1 Å². The topological polar surface area (TPSA) is 49.2 Å². The highest BCUT2D eigenvalue weighted by molar-refractivity contribution is 6.62. The van der Waals surface area contributed by atoms with Crippen molar-refractivity contribution in [1.29, 1.82) is 0 Å². The van der Waals surface area contributed by atoms with Crippen molar-refractivity contribution in [3.05, 3.63) is 42.0 Å². The summed E-state index contributed by atoms with van der Waals surface area (Å²) in [6.45, 7) is 8.06. The van der Waals surface area contributed by atoms with E-state index in [2.05, 4.69) is 10.1 Å². The molecule has 1 atom stereocenters. The highest BCUT2D eigenvalue weighted by Gasteiger charge is 2.52. The fourth-order valence-electron chi connectivity index (χ4n) is 3.38.